The molecule has 0 amide bonds. The van der Waals surface area contributed by atoms with Gasteiger partial charge < -0.3 is 14.8 Å². The van der Waals surface area contributed by atoms with Crippen molar-refractivity contribution in [2.24, 2.45) is 5.92 Å². The summed E-state index contributed by atoms with van der Waals surface area (Å²) < 4.78 is 10.9. The van der Waals surface area contributed by atoms with Crippen molar-refractivity contribution in [3.05, 3.63) is 0 Å². The molecule has 2 rings (SSSR count). The van der Waals surface area contributed by atoms with Gasteiger partial charge in [0.05, 0.1) is 25.2 Å². The third-order valence-electron chi connectivity index (χ3n) is 3.56. The molecular weight excluding hydrogens is 206 g/mol. The summed E-state index contributed by atoms with van der Waals surface area (Å²) >= 11 is 0. The molecule has 4 nitrogen and oxygen atoms in total. The van der Waals surface area contributed by atoms with Gasteiger partial charge in [0.25, 0.3) is 0 Å². The highest BCUT2D eigenvalue weighted by molar-refractivity contribution is 5.69. The summed E-state index contributed by atoms with van der Waals surface area (Å²) in [5.74, 6) is 0.277. The van der Waals surface area contributed by atoms with Gasteiger partial charge in [0.2, 0.25) is 0 Å². The molecule has 0 bridgehead atoms. The maximum absolute atomic E-state index is 11.4. The van der Waals surface area contributed by atoms with Crippen molar-refractivity contribution in [2.45, 2.75) is 38.2 Å². The van der Waals surface area contributed by atoms with Crippen molar-refractivity contribution in [3.8, 4) is 0 Å². The van der Waals surface area contributed by atoms with Gasteiger partial charge in [-0.2, -0.15) is 0 Å². The van der Waals surface area contributed by atoms with E-state index in [-0.39, 0.29) is 11.6 Å². The van der Waals surface area contributed by atoms with Crippen molar-refractivity contribution in [1.29, 1.82) is 0 Å². The van der Waals surface area contributed by atoms with Crippen LogP contribution in [0.1, 0.15) is 32.6 Å². The number of piperidine rings is 1. The molecule has 1 atom stereocenters. The van der Waals surface area contributed by atoms with Gasteiger partial charge in [0.15, 0.2) is 0 Å². The van der Waals surface area contributed by atoms with Crippen molar-refractivity contribution in [2.75, 3.05) is 26.3 Å². The molecule has 0 aromatic heterocycles. The maximum Gasteiger partial charge on any atom is 0.306 e. The lowest BCUT2D eigenvalue weighted by atomic mass is 9.85. The second-order valence-corrected chi connectivity index (χ2v) is 4.82. The molecule has 16 heavy (non-hydrogen) atoms. The van der Waals surface area contributed by atoms with Crippen LogP contribution in [-0.2, 0) is 14.3 Å². The average molecular weight is 227 g/mol. The fraction of sp³-hybridized carbons (Fsp3) is 0.917. The Morgan fingerprint density at radius 2 is 2.25 bits per heavy atom. The lowest BCUT2D eigenvalue weighted by molar-refractivity contribution is -0.144. The highest BCUT2D eigenvalue weighted by atomic mass is 16.5. The Labute approximate surface area is 96.7 Å². The minimum atomic E-state index is -0.0814. The zero-order valence-electron chi connectivity index (χ0n) is 9.96. The number of esters is 1. The van der Waals surface area contributed by atoms with Crippen LogP contribution < -0.4 is 5.32 Å². The van der Waals surface area contributed by atoms with Crippen LogP contribution in [0.5, 0.6) is 0 Å². The topological polar surface area (TPSA) is 47.6 Å². The quantitative estimate of drug-likeness (QED) is 0.733. The van der Waals surface area contributed by atoms with Gasteiger partial charge >= 0.3 is 5.97 Å². The predicted octanol–water partition coefficient (Wildman–Crippen LogP) is 1.10. The molecular formula is C12H21NO3. The largest absolute Gasteiger partial charge is 0.466 e. The van der Waals surface area contributed by atoms with Gasteiger partial charge in [-0.1, -0.05) is 0 Å². The summed E-state index contributed by atoms with van der Waals surface area (Å²) in [5.41, 5.74) is 0.0579. The standard InChI is InChI=1S/C12H21NO3/c1-2-15-11(14)7-10-8-12(16-9-10)3-5-13-6-4-12/h10,13H,2-9H2,1H3. The molecule has 2 heterocycles. The number of nitrogens with one attached hydrogen (secondary N) is 1. The van der Waals surface area contributed by atoms with E-state index in [2.05, 4.69) is 5.32 Å². The van der Waals surface area contributed by atoms with E-state index >= 15 is 0 Å². The molecule has 2 aliphatic rings. The highest BCUT2D eigenvalue weighted by Gasteiger charge is 2.41. The second-order valence-electron chi connectivity index (χ2n) is 4.82. The van der Waals surface area contributed by atoms with Gasteiger partial charge in [-0.15, -0.1) is 0 Å². The number of hydrogen-bond acceptors (Lipinski definition) is 4. The summed E-state index contributed by atoms with van der Waals surface area (Å²) in [6.07, 6.45) is 3.69. The van der Waals surface area contributed by atoms with E-state index in [9.17, 15) is 4.79 Å². The first-order valence-electron chi connectivity index (χ1n) is 6.24. The number of hydrogen-bond donors (Lipinski definition) is 1. The van der Waals surface area contributed by atoms with E-state index in [4.69, 9.17) is 9.47 Å². The van der Waals surface area contributed by atoms with E-state index in [0.29, 0.717) is 18.9 Å². The molecule has 2 saturated heterocycles. The molecule has 0 aromatic rings. The van der Waals surface area contributed by atoms with Crippen LogP contribution in [-0.4, -0.2) is 37.9 Å². The number of ether oxygens (including phenoxy) is 2. The summed E-state index contributed by atoms with van der Waals surface area (Å²) in [7, 11) is 0. The normalized spacial score (nSPS) is 28.2. The molecule has 0 radical (unpaired) electrons. The zero-order valence-corrected chi connectivity index (χ0v) is 9.96. The van der Waals surface area contributed by atoms with Gasteiger partial charge in [-0.25, -0.2) is 0 Å². The molecule has 92 valence electrons. The molecule has 0 aliphatic carbocycles. The Balaban J connectivity index is 1.80. The van der Waals surface area contributed by atoms with Crippen molar-refractivity contribution in [1.82, 2.24) is 5.32 Å². The molecule has 2 aliphatic heterocycles. The minimum Gasteiger partial charge on any atom is -0.466 e. The smallest absolute Gasteiger partial charge is 0.306 e. The molecule has 0 saturated carbocycles. The fourth-order valence-electron chi connectivity index (χ4n) is 2.76. The second kappa shape index (κ2) is 5.15. The van der Waals surface area contributed by atoms with Crippen LogP contribution in [0.2, 0.25) is 0 Å². The third-order valence-corrected chi connectivity index (χ3v) is 3.56. The van der Waals surface area contributed by atoms with E-state index in [1.54, 1.807) is 0 Å². The third kappa shape index (κ3) is 2.74. The first-order valence-corrected chi connectivity index (χ1v) is 6.24. The minimum absolute atomic E-state index is 0.0579. The van der Waals surface area contributed by atoms with E-state index in [1.807, 2.05) is 6.92 Å². The molecule has 2 fully saturated rings. The first-order chi connectivity index (χ1) is 7.74. The lowest BCUT2D eigenvalue weighted by Crippen LogP contribution is -2.41. The van der Waals surface area contributed by atoms with Crippen molar-refractivity contribution < 1.29 is 14.3 Å². The monoisotopic (exact) mass is 227 g/mol. The average Bonchev–Trinajstić information content (AvgIpc) is 2.63. The van der Waals surface area contributed by atoms with E-state index in [0.717, 1.165) is 39.0 Å². The van der Waals surface area contributed by atoms with Crippen LogP contribution >= 0.6 is 0 Å². The molecule has 1 spiro atoms. The summed E-state index contributed by atoms with van der Waals surface area (Å²) in [4.78, 5) is 11.4. The Morgan fingerprint density at radius 1 is 1.50 bits per heavy atom. The number of carbonyl (C=O) groups is 1. The van der Waals surface area contributed by atoms with Crippen molar-refractivity contribution >= 4 is 5.97 Å². The van der Waals surface area contributed by atoms with Gasteiger partial charge in [0.1, 0.15) is 0 Å². The van der Waals surface area contributed by atoms with Crippen LogP contribution in [0.4, 0.5) is 0 Å². The maximum atomic E-state index is 11.4. The fourth-order valence-corrected chi connectivity index (χ4v) is 2.76. The van der Waals surface area contributed by atoms with Gasteiger partial charge in [0, 0.05) is 0 Å². The molecule has 0 aromatic carbocycles. The zero-order chi connectivity index (χ0) is 11.4. The van der Waals surface area contributed by atoms with Crippen LogP contribution in [0.15, 0.2) is 0 Å². The summed E-state index contributed by atoms with van der Waals surface area (Å²) in [6, 6.07) is 0. The van der Waals surface area contributed by atoms with E-state index in [1.165, 1.54) is 0 Å². The van der Waals surface area contributed by atoms with Gasteiger partial charge in [-0.3, -0.25) is 4.79 Å². The highest BCUT2D eigenvalue weighted by Crippen LogP contribution is 2.38. The Hall–Kier alpha value is -0.610. The Morgan fingerprint density at radius 3 is 2.94 bits per heavy atom. The number of carbonyl (C=O) groups excluding carboxylic acids is 1. The predicted molar refractivity (Wildman–Crippen MR) is 60.1 cm³/mol. The molecule has 1 unspecified atom stereocenters. The summed E-state index contributed by atoms with van der Waals surface area (Å²) in [6.45, 7) is 5.11. The lowest BCUT2D eigenvalue weighted by Gasteiger charge is -2.33. The first kappa shape index (κ1) is 11.9. The SMILES string of the molecule is CCOC(=O)CC1COC2(CCNCC2)C1. The number of rotatable bonds is 3. The Kier molecular flexibility index (Phi) is 3.82. The summed E-state index contributed by atoms with van der Waals surface area (Å²) in [5, 5.41) is 3.34. The Bertz CT molecular complexity index is 249. The van der Waals surface area contributed by atoms with E-state index < -0.39 is 0 Å². The van der Waals surface area contributed by atoms with Gasteiger partial charge in [-0.05, 0) is 45.2 Å². The molecule has 4 heteroatoms. The molecule has 1 N–H and O–H groups in total. The van der Waals surface area contributed by atoms with Crippen LogP contribution in [0, 0.1) is 5.92 Å². The van der Waals surface area contributed by atoms with Crippen LogP contribution in [0.3, 0.4) is 0 Å². The van der Waals surface area contributed by atoms with Crippen molar-refractivity contribution in [3.63, 3.8) is 0 Å². The van der Waals surface area contributed by atoms with Crippen LogP contribution in [0.25, 0.3) is 0 Å².